The van der Waals surface area contributed by atoms with Crippen molar-refractivity contribution in [2.75, 3.05) is 6.16 Å². The van der Waals surface area contributed by atoms with E-state index in [0.29, 0.717) is 12.0 Å². The largest absolute Gasteiger partial charge is 0.477 e. The molecule has 0 aliphatic heterocycles. The SMILES string of the molecule is O=C(O)c1ncccc1CCCP(=O)(O)O. The minimum Gasteiger partial charge on any atom is -0.477 e. The zero-order chi connectivity index (χ0) is 12.2. The third kappa shape index (κ3) is 4.10. The van der Waals surface area contributed by atoms with Gasteiger partial charge in [0.25, 0.3) is 0 Å². The molecule has 0 saturated heterocycles. The van der Waals surface area contributed by atoms with E-state index in [1.165, 1.54) is 6.20 Å². The Kier molecular flexibility index (Phi) is 4.18. The number of nitrogens with zero attached hydrogens (tertiary/aromatic N) is 1. The smallest absolute Gasteiger partial charge is 0.354 e. The molecule has 0 fully saturated rings. The van der Waals surface area contributed by atoms with Crippen LogP contribution in [0.5, 0.6) is 0 Å². The predicted molar refractivity (Wildman–Crippen MR) is 56.4 cm³/mol. The molecule has 0 unspecified atom stereocenters. The van der Waals surface area contributed by atoms with Gasteiger partial charge < -0.3 is 14.9 Å². The molecule has 0 saturated carbocycles. The average Bonchev–Trinajstić information content (AvgIpc) is 2.16. The van der Waals surface area contributed by atoms with Crippen LogP contribution in [0.3, 0.4) is 0 Å². The topological polar surface area (TPSA) is 108 Å². The number of aromatic nitrogens is 1. The van der Waals surface area contributed by atoms with Gasteiger partial charge in [-0.15, -0.1) is 0 Å². The molecule has 88 valence electrons. The average molecular weight is 245 g/mol. The van der Waals surface area contributed by atoms with Gasteiger partial charge >= 0.3 is 13.6 Å². The lowest BCUT2D eigenvalue weighted by molar-refractivity contribution is 0.0689. The van der Waals surface area contributed by atoms with Gasteiger partial charge in [0.1, 0.15) is 0 Å². The molecule has 0 aromatic carbocycles. The van der Waals surface area contributed by atoms with Crippen molar-refractivity contribution in [1.82, 2.24) is 4.98 Å². The number of hydrogen-bond acceptors (Lipinski definition) is 3. The highest BCUT2D eigenvalue weighted by Crippen LogP contribution is 2.35. The van der Waals surface area contributed by atoms with Crippen LogP contribution in [0.15, 0.2) is 18.3 Å². The molecule has 1 aromatic heterocycles. The highest BCUT2D eigenvalue weighted by molar-refractivity contribution is 7.51. The normalized spacial score (nSPS) is 11.4. The summed E-state index contributed by atoms with van der Waals surface area (Å²) in [5, 5.41) is 8.81. The van der Waals surface area contributed by atoms with Crippen molar-refractivity contribution in [1.29, 1.82) is 0 Å². The van der Waals surface area contributed by atoms with Gasteiger partial charge in [-0.25, -0.2) is 9.78 Å². The fourth-order valence-corrected chi connectivity index (χ4v) is 1.88. The van der Waals surface area contributed by atoms with Crippen LogP contribution in [0.4, 0.5) is 0 Å². The summed E-state index contributed by atoms with van der Waals surface area (Å²) in [5.74, 6) is -1.13. The maximum absolute atomic E-state index is 10.8. The van der Waals surface area contributed by atoms with Crippen molar-refractivity contribution >= 4 is 13.6 Å². The molecule has 7 heteroatoms. The molecule has 0 amide bonds. The molecule has 0 spiro atoms. The number of carboxylic acids is 1. The molecule has 1 heterocycles. The third-order valence-corrected chi connectivity index (χ3v) is 2.89. The Morgan fingerprint density at radius 3 is 2.69 bits per heavy atom. The van der Waals surface area contributed by atoms with E-state index in [1.54, 1.807) is 12.1 Å². The summed E-state index contributed by atoms with van der Waals surface area (Å²) in [6.45, 7) is 0. The monoisotopic (exact) mass is 245 g/mol. The number of carbonyl (C=O) groups is 1. The molecule has 0 aliphatic rings. The van der Waals surface area contributed by atoms with Crippen LogP contribution in [0.1, 0.15) is 22.5 Å². The van der Waals surface area contributed by atoms with Gasteiger partial charge in [0.2, 0.25) is 0 Å². The Balaban J connectivity index is 2.67. The quantitative estimate of drug-likeness (QED) is 0.665. The summed E-state index contributed by atoms with van der Waals surface area (Å²) in [4.78, 5) is 31.8. The number of hydrogen-bond donors (Lipinski definition) is 3. The van der Waals surface area contributed by atoms with Gasteiger partial charge in [0.15, 0.2) is 5.69 Å². The van der Waals surface area contributed by atoms with Crippen LogP contribution >= 0.6 is 7.60 Å². The van der Waals surface area contributed by atoms with Crippen LogP contribution in [0.25, 0.3) is 0 Å². The van der Waals surface area contributed by atoms with E-state index in [4.69, 9.17) is 14.9 Å². The van der Waals surface area contributed by atoms with Crippen molar-refractivity contribution in [2.45, 2.75) is 12.8 Å². The van der Waals surface area contributed by atoms with Gasteiger partial charge in [-0.1, -0.05) is 6.07 Å². The lowest BCUT2D eigenvalue weighted by atomic mass is 10.1. The molecule has 16 heavy (non-hydrogen) atoms. The summed E-state index contributed by atoms with van der Waals surface area (Å²) in [5.41, 5.74) is 0.427. The molecule has 0 radical (unpaired) electrons. The van der Waals surface area contributed by atoms with E-state index < -0.39 is 13.6 Å². The van der Waals surface area contributed by atoms with Crippen LogP contribution in [-0.2, 0) is 11.0 Å². The van der Waals surface area contributed by atoms with Crippen molar-refractivity contribution in [2.24, 2.45) is 0 Å². The molecular weight excluding hydrogens is 233 g/mol. The Bertz CT molecular complexity index is 428. The second-order valence-electron chi connectivity index (χ2n) is 3.31. The second-order valence-corrected chi connectivity index (χ2v) is 5.08. The summed E-state index contributed by atoms with van der Waals surface area (Å²) >= 11 is 0. The maximum atomic E-state index is 10.8. The Hall–Kier alpha value is -1.23. The van der Waals surface area contributed by atoms with E-state index in [2.05, 4.69) is 4.98 Å². The minimum absolute atomic E-state index is 0.0618. The number of aromatic carboxylic acids is 1. The molecule has 0 bridgehead atoms. The fourth-order valence-electron chi connectivity index (χ4n) is 1.31. The molecule has 1 aromatic rings. The Labute approximate surface area is 92.1 Å². The van der Waals surface area contributed by atoms with Gasteiger partial charge in [0.05, 0.1) is 6.16 Å². The van der Waals surface area contributed by atoms with E-state index in [1.807, 2.05) is 0 Å². The van der Waals surface area contributed by atoms with Crippen molar-refractivity contribution in [3.05, 3.63) is 29.6 Å². The highest BCUT2D eigenvalue weighted by atomic mass is 31.2. The molecular formula is C9H12NO5P. The van der Waals surface area contributed by atoms with Crippen molar-refractivity contribution < 1.29 is 24.3 Å². The number of carboxylic acid groups (broad SMARTS) is 1. The van der Waals surface area contributed by atoms with Crippen LogP contribution < -0.4 is 0 Å². The van der Waals surface area contributed by atoms with Crippen molar-refractivity contribution in [3.63, 3.8) is 0 Å². The van der Waals surface area contributed by atoms with Gasteiger partial charge in [-0.3, -0.25) is 4.57 Å². The number of aryl methyl sites for hydroxylation is 1. The lowest BCUT2D eigenvalue weighted by Crippen LogP contribution is -2.06. The molecule has 3 N–H and O–H groups in total. The van der Waals surface area contributed by atoms with Crippen LogP contribution in [-0.4, -0.2) is 32.0 Å². The highest BCUT2D eigenvalue weighted by Gasteiger charge is 2.14. The summed E-state index contributed by atoms with van der Waals surface area (Å²) in [6, 6.07) is 3.19. The zero-order valence-electron chi connectivity index (χ0n) is 8.41. The van der Waals surface area contributed by atoms with E-state index in [0.717, 1.165) is 0 Å². The first kappa shape index (κ1) is 12.8. The Morgan fingerprint density at radius 2 is 2.12 bits per heavy atom. The molecule has 6 nitrogen and oxygen atoms in total. The van der Waals surface area contributed by atoms with Crippen molar-refractivity contribution in [3.8, 4) is 0 Å². The van der Waals surface area contributed by atoms with Gasteiger partial charge in [0, 0.05) is 6.20 Å². The third-order valence-electron chi connectivity index (χ3n) is 1.99. The summed E-state index contributed by atoms with van der Waals surface area (Å²) in [6.07, 6.45) is 1.65. The lowest BCUT2D eigenvalue weighted by Gasteiger charge is -2.05. The van der Waals surface area contributed by atoms with Crippen LogP contribution in [0, 0.1) is 0 Å². The summed E-state index contributed by atoms with van der Waals surface area (Å²) in [7, 11) is -4.01. The van der Waals surface area contributed by atoms with Gasteiger partial charge in [-0.2, -0.15) is 0 Å². The fraction of sp³-hybridized carbons (Fsp3) is 0.333. The second kappa shape index (κ2) is 5.21. The Morgan fingerprint density at radius 1 is 1.44 bits per heavy atom. The predicted octanol–water partition coefficient (Wildman–Crippen LogP) is 0.890. The zero-order valence-corrected chi connectivity index (χ0v) is 9.30. The minimum atomic E-state index is -4.01. The standard InChI is InChI=1S/C9H12NO5P/c11-9(12)8-7(3-1-5-10-8)4-2-6-16(13,14)15/h1,3,5H,2,4,6H2,(H,11,12)(H2,13,14,15). The maximum Gasteiger partial charge on any atom is 0.354 e. The van der Waals surface area contributed by atoms with E-state index >= 15 is 0 Å². The van der Waals surface area contributed by atoms with E-state index in [-0.39, 0.29) is 18.3 Å². The van der Waals surface area contributed by atoms with E-state index in [9.17, 15) is 9.36 Å². The number of pyridine rings is 1. The molecule has 0 aliphatic carbocycles. The van der Waals surface area contributed by atoms with Gasteiger partial charge in [-0.05, 0) is 24.5 Å². The number of rotatable bonds is 5. The first-order valence-corrected chi connectivity index (χ1v) is 6.41. The first-order valence-electron chi connectivity index (χ1n) is 4.62. The summed E-state index contributed by atoms with van der Waals surface area (Å²) < 4.78 is 10.6. The molecule has 0 atom stereocenters. The van der Waals surface area contributed by atoms with Crippen LogP contribution in [0.2, 0.25) is 0 Å². The first-order chi connectivity index (χ1) is 7.40. The molecule has 1 rings (SSSR count).